The van der Waals surface area contributed by atoms with Gasteiger partial charge in [0.05, 0.1) is 11.2 Å². The summed E-state index contributed by atoms with van der Waals surface area (Å²) in [5, 5.41) is 22.1. The lowest BCUT2D eigenvalue weighted by atomic mass is 10.1. The maximum atomic E-state index is 10.8. The molecule has 0 saturated carbocycles. The van der Waals surface area contributed by atoms with E-state index in [1.54, 1.807) is 36.9 Å². The zero-order valence-electron chi connectivity index (χ0n) is 10.9. The van der Waals surface area contributed by atoms with E-state index in [0.717, 1.165) is 10.0 Å². The molecule has 1 rings (SSSR count). The van der Waals surface area contributed by atoms with Gasteiger partial charge in [0.2, 0.25) is 0 Å². The molecule has 1 atom stereocenters. The van der Waals surface area contributed by atoms with E-state index in [2.05, 4.69) is 21.2 Å². The molecule has 1 aromatic rings. The number of carboxylic acid groups (broad SMARTS) is 1. The quantitative estimate of drug-likeness (QED) is 0.706. The minimum absolute atomic E-state index is 0.255. The van der Waals surface area contributed by atoms with Crippen LogP contribution in [0.25, 0.3) is 0 Å². The molecule has 1 unspecified atom stereocenters. The van der Waals surface area contributed by atoms with E-state index in [4.69, 9.17) is 5.11 Å². The third kappa shape index (κ3) is 5.52. The van der Waals surface area contributed by atoms with Crippen molar-refractivity contribution in [1.29, 1.82) is 0 Å². The molecule has 0 bridgehead atoms. The van der Waals surface area contributed by atoms with Crippen molar-refractivity contribution in [3.05, 3.63) is 33.8 Å². The van der Waals surface area contributed by atoms with Gasteiger partial charge in [-0.15, -0.1) is 0 Å². The number of carbonyl (C=O) groups is 1. The van der Waals surface area contributed by atoms with Crippen molar-refractivity contribution in [3.8, 4) is 0 Å². The van der Waals surface area contributed by atoms with Crippen molar-refractivity contribution < 1.29 is 15.0 Å². The van der Waals surface area contributed by atoms with Crippen LogP contribution in [0.4, 0.5) is 0 Å². The Balaban J connectivity index is 2.57. The second-order valence-corrected chi connectivity index (χ2v) is 6.37. The SMILES string of the molecule is CSCC(C)(O)CNCc1ccc(C(=O)O)cc1Br. The van der Waals surface area contributed by atoms with E-state index in [-0.39, 0.29) is 5.56 Å². The first-order chi connectivity index (χ1) is 8.85. The second-order valence-electron chi connectivity index (χ2n) is 4.64. The summed E-state index contributed by atoms with van der Waals surface area (Å²) in [4.78, 5) is 10.8. The molecule has 0 radical (unpaired) electrons. The highest BCUT2D eigenvalue weighted by atomic mass is 79.9. The van der Waals surface area contributed by atoms with Crippen LogP contribution in [0.1, 0.15) is 22.8 Å². The van der Waals surface area contributed by atoms with Crippen molar-refractivity contribution in [2.24, 2.45) is 0 Å². The monoisotopic (exact) mass is 347 g/mol. The van der Waals surface area contributed by atoms with Gasteiger partial charge in [0.25, 0.3) is 0 Å². The number of aromatic carboxylic acids is 1. The zero-order valence-corrected chi connectivity index (χ0v) is 13.3. The average molecular weight is 348 g/mol. The first-order valence-electron chi connectivity index (χ1n) is 5.79. The van der Waals surface area contributed by atoms with E-state index in [1.807, 2.05) is 6.26 Å². The molecular formula is C13H18BrNO3S. The zero-order chi connectivity index (χ0) is 14.5. The molecule has 1 aromatic carbocycles. The standard InChI is InChI=1S/C13H18BrNO3S/c1-13(18,8-19-2)7-15-6-10-4-3-9(12(16)17)5-11(10)14/h3-5,15,18H,6-8H2,1-2H3,(H,16,17). The van der Waals surface area contributed by atoms with Crippen LogP contribution in [-0.4, -0.2) is 40.3 Å². The number of benzene rings is 1. The van der Waals surface area contributed by atoms with Gasteiger partial charge in [-0.1, -0.05) is 22.0 Å². The highest BCUT2D eigenvalue weighted by Crippen LogP contribution is 2.19. The van der Waals surface area contributed by atoms with Crippen LogP contribution in [0.3, 0.4) is 0 Å². The molecular weight excluding hydrogens is 330 g/mol. The van der Waals surface area contributed by atoms with Crippen LogP contribution in [0.5, 0.6) is 0 Å². The van der Waals surface area contributed by atoms with Gasteiger partial charge in [-0.25, -0.2) is 4.79 Å². The van der Waals surface area contributed by atoms with Crippen LogP contribution >= 0.6 is 27.7 Å². The molecule has 19 heavy (non-hydrogen) atoms. The molecule has 0 amide bonds. The Hall–Kier alpha value is -0.560. The van der Waals surface area contributed by atoms with Gasteiger partial charge in [-0.3, -0.25) is 0 Å². The highest BCUT2D eigenvalue weighted by molar-refractivity contribution is 9.10. The van der Waals surface area contributed by atoms with Gasteiger partial charge < -0.3 is 15.5 Å². The first-order valence-corrected chi connectivity index (χ1v) is 7.98. The molecule has 3 N–H and O–H groups in total. The normalized spacial score (nSPS) is 14.1. The molecule has 0 aromatic heterocycles. The summed E-state index contributed by atoms with van der Waals surface area (Å²) in [7, 11) is 0. The molecule has 6 heteroatoms. The van der Waals surface area contributed by atoms with E-state index < -0.39 is 11.6 Å². The topological polar surface area (TPSA) is 69.6 Å². The van der Waals surface area contributed by atoms with Crippen molar-refractivity contribution in [2.45, 2.75) is 19.1 Å². The van der Waals surface area contributed by atoms with Crippen LogP contribution in [0.15, 0.2) is 22.7 Å². The number of halogens is 1. The number of rotatable bonds is 7. The van der Waals surface area contributed by atoms with Gasteiger partial charge in [0.1, 0.15) is 0 Å². The Bertz CT molecular complexity index is 452. The van der Waals surface area contributed by atoms with Gasteiger partial charge in [0, 0.05) is 23.3 Å². The molecule has 0 aliphatic heterocycles. The lowest BCUT2D eigenvalue weighted by molar-refractivity contribution is 0.0696. The third-order valence-electron chi connectivity index (χ3n) is 2.58. The summed E-state index contributed by atoms with van der Waals surface area (Å²) < 4.78 is 0.754. The van der Waals surface area contributed by atoms with Crippen LogP contribution in [0, 0.1) is 0 Å². The summed E-state index contributed by atoms with van der Waals surface area (Å²) in [5.41, 5.74) is 0.474. The van der Waals surface area contributed by atoms with E-state index in [9.17, 15) is 9.90 Å². The van der Waals surface area contributed by atoms with Gasteiger partial charge >= 0.3 is 5.97 Å². The molecule has 0 aliphatic rings. The Kier molecular flexibility index (Phi) is 6.32. The minimum Gasteiger partial charge on any atom is -0.478 e. The van der Waals surface area contributed by atoms with Gasteiger partial charge in [-0.05, 0) is 30.9 Å². The summed E-state index contributed by atoms with van der Waals surface area (Å²) in [6.45, 7) is 2.85. The van der Waals surface area contributed by atoms with Crippen molar-refractivity contribution in [1.82, 2.24) is 5.32 Å². The highest BCUT2D eigenvalue weighted by Gasteiger charge is 2.18. The molecule has 0 heterocycles. The number of carboxylic acids is 1. The van der Waals surface area contributed by atoms with Crippen molar-refractivity contribution >= 4 is 33.7 Å². The van der Waals surface area contributed by atoms with Crippen LogP contribution < -0.4 is 5.32 Å². The van der Waals surface area contributed by atoms with Crippen LogP contribution in [0.2, 0.25) is 0 Å². The molecule has 0 fully saturated rings. The lowest BCUT2D eigenvalue weighted by Gasteiger charge is -2.22. The van der Waals surface area contributed by atoms with Crippen LogP contribution in [-0.2, 0) is 6.54 Å². The lowest BCUT2D eigenvalue weighted by Crippen LogP contribution is -2.39. The Morgan fingerprint density at radius 2 is 2.21 bits per heavy atom. The summed E-state index contributed by atoms with van der Waals surface area (Å²) >= 11 is 4.96. The molecule has 0 aliphatic carbocycles. The fraction of sp³-hybridized carbons (Fsp3) is 0.462. The predicted molar refractivity (Wildman–Crippen MR) is 81.8 cm³/mol. The number of hydrogen-bond donors (Lipinski definition) is 3. The average Bonchev–Trinajstić information content (AvgIpc) is 2.30. The largest absolute Gasteiger partial charge is 0.478 e. The number of thioether (sulfide) groups is 1. The summed E-state index contributed by atoms with van der Waals surface area (Å²) in [5.74, 6) is -0.276. The minimum atomic E-state index is -0.942. The van der Waals surface area contributed by atoms with Crippen molar-refractivity contribution in [2.75, 3.05) is 18.6 Å². The molecule has 106 valence electrons. The van der Waals surface area contributed by atoms with Gasteiger partial charge in [0.15, 0.2) is 0 Å². The molecule has 0 spiro atoms. The Morgan fingerprint density at radius 1 is 1.53 bits per heavy atom. The van der Waals surface area contributed by atoms with Gasteiger partial charge in [-0.2, -0.15) is 11.8 Å². The van der Waals surface area contributed by atoms with E-state index in [1.165, 1.54) is 0 Å². The smallest absolute Gasteiger partial charge is 0.335 e. The van der Waals surface area contributed by atoms with E-state index >= 15 is 0 Å². The Labute approximate surface area is 125 Å². The summed E-state index contributed by atoms with van der Waals surface area (Å²) in [6, 6.07) is 4.92. The maximum absolute atomic E-state index is 10.8. The van der Waals surface area contributed by atoms with E-state index in [0.29, 0.717) is 18.8 Å². The fourth-order valence-corrected chi connectivity index (χ4v) is 2.90. The third-order valence-corrected chi connectivity index (χ3v) is 4.23. The fourth-order valence-electron chi connectivity index (χ4n) is 1.65. The number of hydrogen-bond acceptors (Lipinski definition) is 4. The van der Waals surface area contributed by atoms with Crippen molar-refractivity contribution in [3.63, 3.8) is 0 Å². The maximum Gasteiger partial charge on any atom is 0.335 e. The number of aliphatic hydroxyl groups is 1. The second kappa shape index (κ2) is 7.28. The number of nitrogens with one attached hydrogen (secondary N) is 1. The molecule has 4 nitrogen and oxygen atoms in total. The Morgan fingerprint density at radius 3 is 2.74 bits per heavy atom. The molecule has 0 saturated heterocycles. The predicted octanol–water partition coefficient (Wildman–Crippen LogP) is 2.35. The first kappa shape index (κ1) is 16.5. The summed E-state index contributed by atoms with van der Waals surface area (Å²) in [6.07, 6.45) is 1.95.